The minimum Gasteiger partial charge on any atom is -0.207 e. The van der Waals surface area contributed by atoms with Crippen LogP contribution < -0.4 is 0 Å². The molecule has 0 spiro atoms. The van der Waals surface area contributed by atoms with Gasteiger partial charge in [-0.25, -0.2) is 8.42 Å². The molecule has 0 N–H and O–H groups in total. The third kappa shape index (κ3) is 4.12. The van der Waals surface area contributed by atoms with Gasteiger partial charge in [0.15, 0.2) is 0 Å². The minimum atomic E-state index is -3.64. The van der Waals surface area contributed by atoms with E-state index in [-0.39, 0.29) is 11.4 Å². The van der Waals surface area contributed by atoms with Crippen LogP contribution in [0.2, 0.25) is 5.02 Å². The summed E-state index contributed by atoms with van der Waals surface area (Å²) < 4.78 is 27.3. The monoisotopic (exact) mass is 390 g/mol. The minimum absolute atomic E-state index is 0.158. The average molecular weight is 391 g/mol. The van der Waals surface area contributed by atoms with Crippen LogP contribution in [0.3, 0.4) is 0 Å². The molecule has 0 aliphatic rings. The summed E-state index contributed by atoms with van der Waals surface area (Å²) in [6, 6.07) is 15.7. The maximum atomic E-state index is 12.9. The van der Waals surface area contributed by atoms with Crippen LogP contribution in [0.25, 0.3) is 5.69 Å². The van der Waals surface area contributed by atoms with Crippen molar-refractivity contribution in [3.8, 4) is 5.69 Å². The number of hydrogen-bond acceptors (Lipinski definition) is 4. The highest BCUT2D eigenvalue weighted by Crippen LogP contribution is 2.20. The smallest absolute Gasteiger partial charge is 0.207 e. The first-order chi connectivity index (χ1) is 12.5. The van der Waals surface area contributed by atoms with Gasteiger partial charge in [-0.3, -0.25) is 0 Å². The van der Waals surface area contributed by atoms with E-state index >= 15 is 0 Å². The fourth-order valence-corrected chi connectivity index (χ4v) is 4.15. The molecule has 0 fully saturated rings. The van der Waals surface area contributed by atoms with Crippen LogP contribution in [0, 0.1) is 0 Å². The third-order valence-corrected chi connectivity index (χ3v) is 5.90. The van der Waals surface area contributed by atoms with Gasteiger partial charge < -0.3 is 0 Å². The van der Waals surface area contributed by atoms with Crippen molar-refractivity contribution in [1.82, 2.24) is 19.3 Å². The van der Waals surface area contributed by atoms with Crippen LogP contribution in [0.4, 0.5) is 0 Å². The molecule has 136 valence electrons. The Bertz CT molecular complexity index is 956. The number of halogens is 1. The molecule has 3 aromatic rings. The average Bonchev–Trinajstić information content (AvgIpc) is 3.11. The first-order valence-corrected chi connectivity index (χ1v) is 10.0. The van der Waals surface area contributed by atoms with Crippen molar-refractivity contribution < 1.29 is 8.42 Å². The van der Waals surface area contributed by atoms with Gasteiger partial charge >= 0.3 is 0 Å². The van der Waals surface area contributed by atoms with E-state index in [0.717, 1.165) is 5.69 Å². The summed E-state index contributed by atoms with van der Waals surface area (Å²) in [6.07, 6.45) is 2.28. The second kappa shape index (κ2) is 7.99. The summed E-state index contributed by atoms with van der Waals surface area (Å²) in [6.45, 7) is 2.49. The normalized spacial score (nSPS) is 11.8. The highest BCUT2D eigenvalue weighted by Gasteiger charge is 2.25. The number of para-hydroxylation sites is 1. The van der Waals surface area contributed by atoms with Gasteiger partial charge in [-0.15, -0.1) is 0 Å². The van der Waals surface area contributed by atoms with Gasteiger partial charge in [0.1, 0.15) is 0 Å². The number of rotatable bonds is 7. The van der Waals surface area contributed by atoms with Gasteiger partial charge in [0.2, 0.25) is 10.0 Å². The maximum absolute atomic E-state index is 12.9. The Hall–Kier alpha value is -2.22. The van der Waals surface area contributed by atoms with Gasteiger partial charge in [0, 0.05) is 11.6 Å². The van der Waals surface area contributed by atoms with E-state index < -0.39 is 10.0 Å². The molecule has 0 aliphatic heterocycles. The zero-order valence-electron chi connectivity index (χ0n) is 14.3. The Morgan fingerprint density at radius 2 is 1.77 bits per heavy atom. The summed E-state index contributed by atoms with van der Waals surface area (Å²) in [7, 11) is -3.64. The van der Waals surface area contributed by atoms with Crippen LogP contribution in [-0.2, 0) is 16.6 Å². The molecule has 1 aromatic heterocycles. The van der Waals surface area contributed by atoms with E-state index in [9.17, 15) is 8.42 Å². The van der Waals surface area contributed by atoms with Crippen molar-refractivity contribution in [3.05, 3.63) is 71.5 Å². The van der Waals surface area contributed by atoms with E-state index in [0.29, 0.717) is 23.7 Å². The van der Waals surface area contributed by atoms with E-state index in [4.69, 9.17) is 11.6 Å². The molecular weight excluding hydrogens is 372 g/mol. The molecule has 0 atom stereocenters. The Labute approximate surface area is 158 Å². The first kappa shape index (κ1) is 18.6. The molecule has 0 amide bonds. The van der Waals surface area contributed by atoms with Crippen molar-refractivity contribution in [2.24, 2.45) is 0 Å². The van der Waals surface area contributed by atoms with Gasteiger partial charge in [-0.2, -0.15) is 19.3 Å². The van der Waals surface area contributed by atoms with Crippen molar-refractivity contribution in [2.45, 2.75) is 24.8 Å². The molecule has 0 bridgehead atoms. The molecule has 0 aliphatic carbocycles. The first-order valence-electron chi connectivity index (χ1n) is 8.23. The molecular formula is C18H19ClN4O2S. The maximum Gasteiger partial charge on any atom is 0.243 e. The Morgan fingerprint density at radius 3 is 2.42 bits per heavy atom. The predicted molar refractivity (Wildman–Crippen MR) is 101 cm³/mol. The Balaban J connectivity index is 1.85. The van der Waals surface area contributed by atoms with Crippen LogP contribution >= 0.6 is 11.6 Å². The Kier molecular flexibility index (Phi) is 5.70. The van der Waals surface area contributed by atoms with E-state index in [2.05, 4.69) is 10.2 Å². The molecule has 0 radical (unpaired) electrons. The van der Waals surface area contributed by atoms with Gasteiger partial charge in [0.25, 0.3) is 0 Å². The summed E-state index contributed by atoms with van der Waals surface area (Å²) in [5.41, 5.74) is 1.40. The SMILES string of the molecule is CCCN(Cc1cnn(-c2ccccc2)n1)S(=O)(=O)c1ccc(Cl)cc1. The molecule has 3 rings (SSSR count). The highest BCUT2D eigenvalue weighted by molar-refractivity contribution is 7.89. The lowest BCUT2D eigenvalue weighted by molar-refractivity contribution is 0.400. The van der Waals surface area contributed by atoms with Crippen LogP contribution in [-0.4, -0.2) is 34.3 Å². The van der Waals surface area contributed by atoms with Crippen molar-refractivity contribution in [2.75, 3.05) is 6.54 Å². The fraction of sp³-hybridized carbons (Fsp3) is 0.222. The van der Waals surface area contributed by atoms with Crippen LogP contribution in [0.5, 0.6) is 0 Å². The summed E-state index contributed by atoms with van der Waals surface area (Å²) >= 11 is 5.86. The van der Waals surface area contributed by atoms with Crippen LogP contribution in [0.1, 0.15) is 19.0 Å². The van der Waals surface area contributed by atoms with Crippen molar-refractivity contribution >= 4 is 21.6 Å². The zero-order chi connectivity index (χ0) is 18.6. The predicted octanol–water partition coefficient (Wildman–Crippen LogP) is 3.52. The van der Waals surface area contributed by atoms with Gasteiger partial charge in [-0.05, 0) is 42.8 Å². The third-order valence-electron chi connectivity index (χ3n) is 3.79. The molecule has 6 nitrogen and oxygen atoms in total. The fourth-order valence-electron chi connectivity index (χ4n) is 2.52. The summed E-state index contributed by atoms with van der Waals surface area (Å²) in [4.78, 5) is 1.71. The van der Waals surface area contributed by atoms with Crippen LogP contribution in [0.15, 0.2) is 65.7 Å². The number of sulfonamides is 1. The lowest BCUT2D eigenvalue weighted by Gasteiger charge is -2.20. The quantitative estimate of drug-likeness (QED) is 0.619. The molecule has 0 saturated heterocycles. The summed E-state index contributed by atoms with van der Waals surface area (Å²) in [5, 5.41) is 9.13. The molecule has 26 heavy (non-hydrogen) atoms. The summed E-state index contributed by atoms with van der Waals surface area (Å²) in [5.74, 6) is 0. The largest absolute Gasteiger partial charge is 0.243 e. The number of hydrogen-bond donors (Lipinski definition) is 0. The topological polar surface area (TPSA) is 68.1 Å². The second-order valence-corrected chi connectivity index (χ2v) is 8.13. The number of aromatic nitrogens is 3. The molecule has 0 unspecified atom stereocenters. The molecule has 2 aromatic carbocycles. The molecule has 1 heterocycles. The zero-order valence-corrected chi connectivity index (χ0v) is 15.9. The van der Waals surface area contributed by atoms with Gasteiger partial charge in [-0.1, -0.05) is 36.7 Å². The lowest BCUT2D eigenvalue weighted by atomic mass is 10.3. The van der Waals surface area contributed by atoms with Crippen molar-refractivity contribution in [3.63, 3.8) is 0 Å². The molecule has 8 heteroatoms. The van der Waals surface area contributed by atoms with Crippen molar-refractivity contribution in [1.29, 1.82) is 0 Å². The van der Waals surface area contributed by atoms with E-state index in [1.54, 1.807) is 18.3 Å². The van der Waals surface area contributed by atoms with Gasteiger partial charge in [0.05, 0.1) is 29.0 Å². The highest BCUT2D eigenvalue weighted by atomic mass is 35.5. The van der Waals surface area contributed by atoms with E-state index in [1.807, 2.05) is 37.3 Å². The lowest BCUT2D eigenvalue weighted by Crippen LogP contribution is -2.31. The Morgan fingerprint density at radius 1 is 1.08 bits per heavy atom. The standard InChI is InChI=1S/C18H19ClN4O2S/c1-2-12-22(26(24,25)18-10-8-15(19)9-11-18)14-16-13-20-23(21-16)17-6-4-3-5-7-17/h3-11,13H,2,12,14H2,1H3. The van der Waals surface area contributed by atoms with E-state index in [1.165, 1.54) is 21.2 Å². The number of nitrogens with zero attached hydrogens (tertiary/aromatic N) is 4. The number of benzene rings is 2. The second-order valence-electron chi connectivity index (χ2n) is 5.75. The molecule has 0 saturated carbocycles.